The second-order valence-electron chi connectivity index (χ2n) is 7.18. The molecule has 0 bridgehead atoms. The molecule has 2 aliphatic rings. The first-order valence-corrected chi connectivity index (χ1v) is 9.25. The van der Waals surface area contributed by atoms with Crippen LogP contribution in [0.25, 0.3) is 0 Å². The minimum absolute atomic E-state index is 0.00659. The van der Waals surface area contributed by atoms with Gasteiger partial charge < -0.3 is 19.4 Å². The van der Waals surface area contributed by atoms with Crippen LogP contribution in [0.1, 0.15) is 36.8 Å². The lowest BCUT2D eigenvalue weighted by Crippen LogP contribution is -2.46. The zero-order valence-corrected chi connectivity index (χ0v) is 15.0. The van der Waals surface area contributed by atoms with Gasteiger partial charge in [0.2, 0.25) is 5.91 Å². The zero-order valence-electron chi connectivity index (χ0n) is 15.0. The molecule has 1 aliphatic heterocycles. The highest BCUT2D eigenvalue weighted by Gasteiger charge is 2.39. The predicted molar refractivity (Wildman–Crippen MR) is 96.2 cm³/mol. The Kier molecular flexibility index (Phi) is 5.04. The van der Waals surface area contributed by atoms with Crippen LogP contribution in [-0.4, -0.2) is 34.2 Å². The molecule has 2 fully saturated rings. The summed E-state index contributed by atoms with van der Waals surface area (Å²) in [6.07, 6.45) is 6.08. The number of aromatic nitrogens is 2. The average Bonchev–Trinajstić information content (AvgIpc) is 3.22. The Labute approximate surface area is 153 Å². The van der Waals surface area contributed by atoms with Crippen molar-refractivity contribution in [2.45, 2.75) is 44.1 Å². The van der Waals surface area contributed by atoms with Crippen LogP contribution in [0.15, 0.2) is 42.7 Å². The number of ether oxygens (including phenoxy) is 2. The molecule has 1 aliphatic carbocycles. The highest BCUT2D eigenvalue weighted by molar-refractivity contribution is 5.80. The summed E-state index contributed by atoms with van der Waals surface area (Å²) in [5, 5.41) is 3.17. The molecule has 0 radical (unpaired) electrons. The summed E-state index contributed by atoms with van der Waals surface area (Å²) in [6.45, 7) is 1.26. The second kappa shape index (κ2) is 7.60. The van der Waals surface area contributed by atoms with Gasteiger partial charge in [0.15, 0.2) is 0 Å². The van der Waals surface area contributed by atoms with Gasteiger partial charge in [-0.1, -0.05) is 30.3 Å². The fraction of sp³-hybridized carbons (Fsp3) is 0.500. The minimum Gasteiger partial charge on any atom is -0.373 e. The first kappa shape index (κ1) is 17.2. The van der Waals surface area contributed by atoms with Gasteiger partial charge in [0.25, 0.3) is 0 Å². The van der Waals surface area contributed by atoms with Crippen molar-refractivity contribution < 1.29 is 14.3 Å². The largest absolute Gasteiger partial charge is 0.373 e. The molecular formula is C20H25N3O3. The molecule has 138 valence electrons. The number of imidazole rings is 1. The SMILES string of the molecule is Cn1ccnc1[C@H]1OCC[C@@H]1NC(=O)C1CC(OCc2ccccc2)C1. The van der Waals surface area contributed by atoms with Crippen LogP contribution in [0.5, 0.6) is 0 Å². The minimum atomic E-state index is -0.163. The third kappa shape index (κ3) is 3.66. The van der Waals surface area contributed by atoms with E-state index < -0.39 is 0 Å². The number of hydrogen-bond acceptors (Lipinski definition) is 4. The predicted octanol–water partition coefficient (Wildman–Crippen LogP) is 2.36. The molecule has 1 aromatic carbocycles. The van der Waals surface area contributed by atoms with Crippen molar-refractivity contribution in [1.82, 2.24) is 14.9 Å². The van der Waals surface area contributed by atoms with Gasteiger partial charge in [0.1, 0.15) is 11.9 Å². The van der Waals surface area contributed by atoms with E-state index in [-0.39, 0.29) is 30.1 Å². The summed E-state index contributed by atoms with van der Waals surface area (Å²) < 4.78 is 13.7. The van der Waals surface area contributed by atoms with Crippen LogP contribution >= 0.6 is 0 Å². The van der Waals surface area contributed by atoms with Gasteiger partial charge in [-0.3, -0.25) is 4.79 Å². The topological polar surface area (TPSA) is 65.4 Å². The van der Waals surface area contributed by atoms with Crippen LogP contribution in [0.2, 0.25) is 0 Å². The van der Waals surface area contributed by atoms with Crippen molar-refractivity contribution in [3.05, 3.63) is 54.1 Å². The molecule has 2 atom stereocenters. The maximum absolute atomic E-state index is 12.6. The molecule has 1 amide bonds. The first-order chi connectivity index (χ1) is 12.7. The standard InChI is InChI=1S/C20H25N3O3/c1-23-9-8-21-19(23)18-17(7-10-25-18)22-20(24)15-11-16(12-15)26-13-14-5-3-2-4-6-14/h2-6,8-9,15-18H,7,10-13H2,1H3,(H,22,24)/t15?,16?,17-,18-/m0/s1. The average molecular weight is 355 g/mol. The van der Waals surface area contributed by atoms with Crippen LogP contribution in [0.4, 0.5) is 0 Å². The number of hydrogen-bond donors (Lipinski definition) is 1. The number of carbonyl (C=O) groups is 1. The number of nitrogens with one attached hydrogen (secondary N) is 1. The van der Waals surface area contributed by atoms with Gasteiger partial charge >= 0.3 is 0 Å². The van der Waals surface area contributed by atoms with Gasteiger partial charge in [0.05, 0.1) is 18.8 Å². The Morgan fingerprint density at radius 1 is 1.35 bits per heavy atom. The van der Waals surface area contributed by atoms with E-state index >= 15 is 0 Å². The molecule has 2 heterocycles. The molecule has 0 unspecified atom stereocenters. The Morgan fingerprint density at radius 2 is 2.15 bits per heavy atom. The summed E-state index contributed by atoms with van der Waals surface area (Å²) in [5.41, 5.74) is 1.17. The third-order valence-electron chi connectivity index (χ3n) is 5.33. The molecule has 0 spiro atoms. The second-order valence-corrected chi connectivity index (χ2v) is 7.18. The molecule has 1 N–H and O–H groups in total. The number of aryl methyl sites for hydroxylation is 1. The Hall–Kier alpha value is -2.18. The molecule has 4 rings (SSSR count). The van der Waals surface area contributed by atoms with E-state index in [1.807, 2.05) is 36.0 Å². The molecule has 1 aromatic heterocycles. The van der Waals surface area contributed by atoms with Crippen molar-refractivity contribution in [3.8, 4) is 0 Å². The summed E-state index contributed by atoms with van der Waals surface area (Å²) in [7, 11) is 1.95. The van der Waals surface area contributed by atoms with Crippen molar-refractivity contribution in [1.29, 1.82) is 0 Å². The highest BCUT2D eigenvalue weighted by Crippen LogP contribution is 2.33. The van der Waals surface area contributed by atoms with Gasteiger partial charge in [-0.15, -0.1) is 0 Å². The van der Waals surface area contributed by atoms with Crippen molar-refractivity contribution >= 4 is 5.91 Å². The maximum Gasteiger partial charge on any atom is 0.223 e. The van der Waals surface area contributed by atoms with Gasteiger partial charge in [0, 0.05) is 32.0 Å². The Balaban J connectivity index is 1.24. The molecule has 6 nitrogen and oxygen atoms in total. The smallest absolute Gasteiger partial charge is 0.223 e. The molecule has 2 aromatic rings. The van der Waals surface area contributed by atoms with Crippen LogP contribution in [0.3, 0.4) is 0 Å². The normalized spacial score (nSPS) is 27.9. The van der Waals surface area contributed by atoms with E-state index in [0.717, 1.165) is 25.1 Å². The number of benzene rings is 1. The van der Waals surface area contributed by atoms with Gasteiger partial charge in [-0.25, -0.2) is 4.98 Å². The zero-order chi connectivity index (χ0) is 17.9. The fourth-order valence-corrected chi connectivity index (χ4v) is 3.65. The molecule has 26 heavy (non-hydrogen) atoms. The lowest BCUT2D eigenvalue weighted by molar-refractivity contribution is -0.135. The quantitative estimate of drug-likeness (QED) is 0.864. The molecular weight excluding hydrogens is 330 g/mol. The molecule has 1 saturated carbocycles. The van der Waals surface area contributed by atoms with E-state index in [9.17, 15) is 4.79 Å². The van der Waals surface area contributed by atoms with Crippen molar-refractivity contribution in [2.75, 3.05) is 6.61 Å². The number of nitrogens with zero attached hydrogens (tertiary/aromatic N) is 2. The number of rotatable bonds is 6. The summed E-state index contributed by atoms with van der Waals surface area (Å²) >= 11 is 0. The van der Waals surface area contributed by atoms with E-state index in [2.05, 4.69) is 22.4 Å². The monoisotopic (exact) mass is 355 g/mol. The van der Waals surface area contributed by atoms with Crippen LogP contribution in [0, 0.1) is 5.92 Å². The van der Waals surface area contributed by atoms with Crippen molar-refractivity contribution in [3.63, 3.8) is 0 Å². The van der Waals surface area contributed by atoms with Gasteiger partial charge in [-0.05, 0) is 24.8 Å². The van der Waals surface area contributed by atoms with Crippen molar-refractivity contribution in [2.24, 2.45) is 13.0 Å². The first-order valence-electron chi connectivity index (χ1n) is 9.25. The molecule has 1 saturated heterocycles. The number of carbonyl (C=O) groups excluding carboxylic acids is 1. The number of amides is 1. The van der Waals surface area contributed by atoms with Crippen LogP contribution < -0.4 is 5.32 Å². The molecule has 6 heteroatoms. The Bertz CT molecular complexity index is 740. The van der Waals surface area contributed by atoms with E-state index in [0.29, 0.717) is 13.2 Å². The lowest BCUT2D eigenvalue weighted by Gasteiger charge is -2.35. The fourth-order valence-electron chi connectivity index (χ4n) is 3.65. The summed E-state index contributed by atoms with van der Waals surface area (Å²) in [4.78, 5) is 16.9. The van der Waals surface area contributed by atoms with Gasteiger partial charge in [-0.2, -0.15) is 0 Å². The summed E-state index contributed by atoms with van der Waals surface area (Å²) in [5.74, 6) is 1.02. The third-order valence-corrected chi connectivity index (χ3v) is 5.33. The summed E-state index contributed by atoms with van der Waals surface area (Å²) in [6, 6.07) is 10.1. The lowest BCUT2D eigenvalue weighted by atomic mass is 9.81. The highest BCUT2D eigenvalue weighted by atomic mass is 16.5. The van der Waals surface area contributed by atoms with E-state index in [1.165, 1.54) is 5.56 Å². The Morgan fingerprint density at radius 3 is 2.88 bits per heavy atom. The van der Waals surface area contributed by atoms with Crippen LogP contribution in [-0.2, 0) is 27.9 Å². The van der Waals surface area contributed by atoms with E-state index in [1.54, 1.807) is 6.20 Å². The van der Waals surface area contributed by atoms with E-state index in [4.69, 9.17) is 9.47 Å². The maximum atomic E-state index is 12.6.